The number of nitrogens with two attached hydrogens (primary N) is 1. The number of carbonyl (C=O) groups is 1. The van der Waals surface area contributed by atoms with Gasteiger partial charge < -0.3 is 4.90 Å². The maximum atomic E-state index is 11.1. The molecule has 3 N–H and O–H groups in total. The second-order valence-corrected chi connectivity index (χ2v) is 3.80. The Morgan fingerprint density at radius 1 is 1.42 bits per heavy atom. The summed E-state index contributed by atoms with van der Waals surface area (Å²) >= 11 is 0. The predicted octanol–water partition coefficient (Wildman–Crippen LogP) is 0.548. The van der Waals surface area contributed by atoms with Crippen LogP contribution in [0.1, 0.15) is 20.3 Å². The summed E-state index contributed by atoms with van der Waals surface area (Å²) in [6.07, 6.45) is 1.20. The van der Waals surface area contributed by atoms with E-state index in [1.165, 1.54) is 6.42 Å². The Balaban J connectivity index is 2.49. The van der Waals surface area contributed by atoms with Crippen molar-refractivity contribution in [2.24, 2.45) is 17.7 Å². The van der Waals surface area contributed by atoms with Crippen molar-refractivity contribution >= 4 is 6.03 Å². The van der Waals surface area contributed by atoms with Crippen LogP contribution in [0.15, 0.2) is 0 Å². The minimum absolute atomic E-state index is 0.159. The smallest absolute Gasteiger partial charge is 0.323 e. The number of carbonyl (C=O) groups excluding carboxylic acids is 1. The molecule has 12 heavy (non-hydrogen) atoms. The zero-order valence-electron chi connectivity index (χ0n) is 7.71. The summed E-state index contributed by atoms with van der Waals surface area (Å²) in [6, 6.07) is -0.159. The van der Waals surface area contributed by atoms with Crippen LogP contribution in [0.2, 0.25) is 0 Å². The van der Waals surface area contributed by atoms with E-state index in [4.69, 9.17) is 5.84 Å². The van der Waals surface area contributed by atoms with Gasteiger partial charge in [0.1, 0.15) is 0 Å². The van der Waals surface area contributed by atoms with Crippen molar-refractivity contribution in [2.75, 3.05) is 13.1 Å². The molecule has 0 aromatic heterocycles. The zero-order chi connectivity index (χ0) is 9.14. The molecule has 0 aromatic carbocycles. The summed E-state index contributed by atoms with van der Waals surface area (Å²) in [5, 5.41) is 0. The number of amides is 2. The number of hydrogen-bond acceptors (Lipinski definition) is 2. The fraction of sp³-hybridized carbons (Fsp3) is 0.875. The third-order valence-electron chi connectivity index (χ3n) is 2.28. The van der Waals surface area contributed by atoms with Gasteiger partial charge in [-0.1, -0.05) is 13.8 Å². The molecule has 0 aliphatic carbocycles. The van der Waals surface area contributed by atoms with Crippen LogP contribution in [-0.4, -0.2) is 24.0 Å². The van der Waals surface area contributed by atoms with Gasteiger partial charge in [-0.25, -0.2) is 10.6 Å². The van der Waals surface area contributed by atoms with Crippen LogP contribution in [0.3, 0.4) is 0 Å². The minimum atomic E-state index is -0.159. The summed E-state index contributed by atoms with van der Waals surface area (Å²) < 4.78 is 0. The van der Waals surface area contributed by atoms with E-state index in [1.807, 2.05) is 0 Å². The zero-order valence-corrected chi connectivity index (χ0v) is 7.71. The van der Waals surface area contributed by atoms with Gasteiger partial charge in [-0.3, -0.25) is 5.43 Å². The van der Waals surface area contributed by atoms with Gasteiger partial charge in [0, 0.05) is 13.1 Å². The van der Waals surface area contributed by atoms with Crippen molar-refractivity contribution < 1.29 is 4.79 Å². The Bertz CT molecular complexity index is 162. The number of urea groups is 1. The van der Waals surface area contributed by atoms with E-state index in [-0.39, 0.29) is 6.03 Å². The van der Waals surface area contributed by atoms with E-state index >= 15 is 0 Å². The molecule has 1 aliphatic heterocycles. The summed E-state index contributed by atoms with van der Waals surface area (Å²) in [7, 11) is 0. The topological polar surface area (TPSA) is 58.4 Å². The van der Waals surface area contributed by atoms with Gasteiger partial charge in [0.15, 0.2) is 0 Å². The Labute approximate surface area is 73.1 Å². The Morgan fingerprint density at radius 2 is 1.92 bits per heavy atom. The maximum Gasteiger partial charge on any atom is 0.331 e. The number of hydrogen-bond donors (Lipinski definition) is 2. The monoisotopic (exact) mass is 171 g/mol. The Hall–Kier alpha value is -0.770. The highest BCUT2D eigenvalue weighted by Gasteiger charge is 2.24. The Morgan fingerprint density at radius 3 is 2.33 bits per heavy atom. The molecule has 1 aliphatic rings. The van der Waals surface area contributed by atoms with Crippen molar-refractivity contribution in [2.45, 2.75) is 20.3 Å². The van der Waals surface area contributed by atoms with Crippen molar-refractivity contribution in [3.63, 3.8) is 0 Å². The standard InChI is InChI=1S/C8H17N3O/c1-6-3-7(2)5-11(4-6)8(12)10-9/h6-7H,3-5,9H2,1-2H3,(H,10,12)/t6-,7+. The molecule has 1 heterocycles. The summed E-state index contributed by atoms with van der Waals surface area (Å²) in [4.78, 5) is 12.9. The van der Waals surface area contributed by atoms with E-state index in [0.29, 0.717) is 11.8 Å². The van der Waals surface area contributed by atoms with Crippen LogP contribution in [0.5, 0.6) is 0 Å². The highest BCUT2D eigenvalue weighted by Crippen LogP contribution is 2.20. The molecule has 1 saturated heterocycles. The number of nitrogens with one attached hydrogen (secondary N) is 1. The first-order valence-electron chi connectivity index (χ1n) is 4.39. The van der Waals surface area contributed by atoms with Gasteiger partial charge in [-0.2, -0.15) is 0 Å². The lowest BCUT2D eigenvalue weighted by atomic mass is 9.92. The van der Waals surface area contributed by atoms with Crippen LogP contribution >= 0.6 is 0 Å². The largest absolute Gasteiger partial charge is 0.331 e. The van der Waals surface area contributed by atoms with E-state index in [9.17, 15) is 4.79 Å². The number of hydrazine groups is 1. The third kappa shape index (κ3) is 2.11. The number of nitrogens with zero attached hydrogens (tertiary/aromatic N) is 1. The molecule has 0 unspecified atom stereocenters. The first-order chi connectivity index (χ1) is 5.63. The summed E-state index contributed by atoms with van der Waals surface area (Å²) in [5.41, 5.74) is 2.16. The molecular weight excluding hydrogens is 154 g/mol. The number of rotatable bonds is 0. The van der Waals surface area contributed by atoms with E-state index < -0.39 is 0 Å². The number of likely N-dealkylation sites (tertiary alicyclic amines) is 1. The van der Waals surface area contributed by atoms with Crippen molar-refractivity contribution in [3.05, 3.63) is 0 Å². The fourth-order valence-corrected chi connectivity index (χ4v) is 1.92. The van der Waals surface area contributed by atoms with Crippen LogP contribution in [0, 0.1) is 11.8 Å². The van der Waals surface area contributed by atoms with Gasteiger partial charge in [0.25, 0.3) is 0 Å². The average Bonchev–Trinajstić information content (AvgIpc) is 2.01. The van der Waals surface area contributed by atoms with Crippen LogP contribution in [0.25, 0.3) is 0 Å². The maximum absolute atomic E-state index is 11.1. The van der Waals surface area contributed by atoms with E-state index in [0.717, 1.165) is 13.1 Å². The summed E-state index contributed by atoms with van der Waals surface area (Å²) in [6.45, 7) is 5.97. The molecule has 70 valence electrons. The third-order valence-corrected chi connectivity index (χ3v) is 2.28. The molecular formula is C8H17N3O. The molecule has 4 nitrogen and oxygen atoms in total. The van der Waals surface area contributed by atoms with Crippen molar-refractivity contribution in [1.29, 1.82) is 0 Å². The molecule has 0 bridgehead atoms. The van der Waals surface area contributed by atoms with E-state index in [1.54, 1.807) is 4.90 Å². The average molecular weight is 171 g/mol. The van der Waals surface area contributed by atoms with Crippen LogP contribution in [-0.2, 0) is 0 Å². The van der Waals surface area contributed by atoms with Gasteiger partial charge >= 0.3 is 6.03 Å². The number of piperidine rings is 1. The molecule has 0 saturated carbocycles. The Kier molecular flexibility index (Phi) is 2.92. The second kappa shape index (κ2) is 3.76. The first-order valence-corrected chi connectivity index (χ1v) is 4.39. The molecule has 1 rings (SSSR count). The van der Waals surface area contributed by atoms with E-state index in [2.05, 4.69) is 19.3 Å². The molecule has 0 aromatic rings. The van der Waals surface area contributed by atoms with Gasteiger partial charge in [0.2, 0.25) is 0 Å². The normalized spacial score (nSPS) is 30.1. The summed E-state index contributed by atoms with van der Waals surface area (Å²) in [5.74, 6) is 6.23. The van der Waals surface area contributed by atoms with Gasteiger partial charge in [-0.05, 0) is 18.3 Å². The fourth-order valence-electron chi connectivity index (χ4n) is 1.92. The van der Waals surface area contributed by atoms with Crippen LogP contribution < -0.4 is 11.3 Å². The van der Waals surface area contributed by atoms with Crippen molar-refractivity contribution in [3.8, 4) is 0 Å². The molecule has 4 heteroatoms. The molecule has 2 atom stereocenters. The molecule has 2 amide bonds. The SMILES string of the molecule is C[C@@H]1C[C@H](C)CN(C(=O)NN)C1. The molecule has 0 spiro atoms. The lowest BCUT2D eigenvalue weighted by Gasteiger charge is -2.34. The lowest BCUT2D eigenvalue weighted by Crippen LogP contribution is -2.49. The minimum Gasteiger partial charge on any atom is -0.323 e. The highest BCUT2D eigenvalue weighted by molar-refractivity contribution is 5.73. The van der Waals surface area contributed by atoms with Crippen molar-refractivity contribution in [1.82, 2.24) is 10.3 Å². The van der Waals surface area contributed by atoms with Crippen LogP contribution in [0.4, 0.5) is 4.79 Å². The van der Waals surface area contributed by atoms with Gasteiger partial charge in [-0.15, -0.1) is 0 Å². The first kappa shape index (κ1) is 9.32. The lowest BCUT2D eigenvalue weighted by molar-refractivity contribution is 0.146. The molecule has 1 fully saturated rings. The quantitative estimate of drug-likeness (QED) is 0.317. The second-order valence-electron chi connectivity index (χ2n) is 3.80. The molecule has 0 radical (unpaired) electrons. The van der Waals surface area contributed by atoms with Gasteiger partial charge in [0.05, 0.1) is 0 Å². The highest BCUT2D eigenvalue weighted by atomic mass is 16.2. The predicted molar refractivity (Wildman–Crippen MR) is 47.2 cm³/mol.